The monoisotopic (exact) mass is 299 g/mol. The second kappa shape index (κ2) is 7.71. The molecule has 1 unspecified atom stereocenters. The van der Waals surface area contributed by atoms with Crippen LogP contribution in [0, 0.1) is 5.92 Å². The van der Waals surface area contributed by atoms with Crippen LogP contribution >= 0.6 is 0 Å². The molecule has 1 fully saturated rings. The number of aliphatic hydroxyl groups is 1. The van der Waals surface area contributed by atoms with Crippen LogP contribution in [-0.4, -0.2) is 30.4 Å². The number of nitrogens with one attached hydrogen (secondary N) is 1. The number of benzene rings is 1. The minimum absolute atomic E-state index is 0.0962. The molecule has 5 heteroatoms. The molecular weight excluding hydrogens is 276 g/mol. The Morgan fingerprint density at radius 2 is 1.95 bits per heavy atom. The van der Waals surface area contributed by atoms with Gasteiger partial charge >= 0.3 is 6.61 Å². The number of aliphatic hydroxyl groups excluding tert-OH is 1. The number of hydrogen-bond acceptors (Lipinski definition) is 3. The molecule has 0 aromatic heterocycles. The average Bonchev–Trinajstić information content (AvgIpc) is 2.41. The number of rotatable bonds is 8. The maximum absolute atomic E-state index is 12.0. The first-order valence-corrected chi connectivity index (χ1v) is 7.48. The number of aryl methyl sites for hydroxylation is 1. The van der Waals surface area contributed by atoms with E-state index in [-0.39, 0.29) is 11.9 Å². The predicted octanol–water partition coefficient (Wildman–Crippen LogP) is 2.97. The van der Waals surface area contributed by atoms with Crippen LogP contribution in [0.1, 0.15) is 31.7 Å². The summed E-state index contributed by atoms with van der Waals surface area (Å²) in [6, 6.07) is 7.21. The van der Waals surface area contributed by atoms with E-state index < -0.39 is 6.61 Å². The topological polar surface area (TPSA) is 41.5 Å². The van der Waals surface area contributed by atoms with Crippen molar-refractivity contribution >= 4 is 0 Å². The largest absolute Gasteiger partial charge is 0.435 e. The van der Waals surface area contributed by atoms with Gasteiger partial charge in [-0.3, -0.25) is 0 Å². The van der Waals surface area contributed by atoms with Gasteiger partial charge in [0.05, 0.1) is 6.10 Å². The SMILES string of the molecule is CC(CCc1ccc(OC(F)F)cc1)NCC1CC(O)C1. The van der Waals surface area contributed by atoms with Crippen LogP contribution in [0.3, 0.4) is 0 Å². The zero-order chi connectivity index (χ0) is 15.2. The highest BCUT2D eigenvalue weighted by Gasteiger charge is 2.26. The Bertz CT molecular complexity index is 419. The van der Waals surface area contributed by atoms with Crippen molar-refractivity contribution in [3.05, 3.63) is 29.8 Å². The van der Waals surface area contributed by atoms with Crippen molar-refractivity contribution in [1.82, 2.24) is 5.32 Å². The van der Waals surface area contributed by atoms with Gasteiger partial charge < -0.3 is 15.2 Å². The number of hydrogen-bond donors (Lipinski definition) is 2. The summed E-state index contributed by atoms with van der Waals surface area (Å²) in [6.45, 7) is 0.327. The Hall–Kier alpha value is -1.20. The minimum atomic E-state index is -2.77. The van der Waals surface area contributed by atoms with E-state index in [1.165, 1.54) is 0 Å². The van der Waals surface area contributed by atoms with Gasteiger partial charge in [-0.1, -0.05) is 12.1 Å². The Balaban J connectivity index is 1.65. The molecule has 0 aliphatic heterocycles. The molecule has 1 aromatic carbocycles. The maximum Gasteiger partial charge on any atom is 0.387 e. The lowest BCUT2D eigenvalue weighted by molar-refractivity contribution is -0.0498. The molecule has 21 heavy (non-hydrogen) atoms. The molecule has 1 aliphatic rings. The molecule has 1 aromatic rings. The summed E-state index contributed by atoms with van der Waals surface area (Å²) in [7, 11) is 0. The third-order valence-corrected chi connectivity index (χ3v) is 3.98. The number of ether oxygens (including phenoxy) is 1. The van der Waals surface area contributed by atoms with Gasteiger partial charge in [0.1, 0.15) is 5.75 Å². The van der Waals surface area contributed by atoms with E-state index in [1.54, 1.807) is 12.1 Å². The van der Waals surface area contributed by atoms with E-state index in [9.17, 15) is 13.9 Å². The van der Waals surface area contributed by atoms with Crippen molar-refractivity contribution in [1.29, 1.82) is 0 Å². The summed E-state index contributed by atoms with van der Waals surface area (Å²) in [5.41, 5.74) is 1.12. The molecule has 0 radical (unpaired) electrons. The molecule has 0 spiro atoms. The molecule has 0 bridgehead atoms. The summed E-state index contributed by atoms with van der Waals surface area (Å²) in [5.74, 6) is 0.802. The van der Waals surface area contributed by atoms with Crippen LogP contribution in [0.2, 0.25) is 0 Å². The second-order valence-electron chi connectivity index (χ2n) is 5.86. The molecule has 2 N–H and O–H groups in total. The van der Waals surface area contributed by atoms with E-state index >= 15 is 0 Å². The molecule has 2 rings (SSSR count). The van der Waals surface area contributed by atoms with Crippen LogP contribution in [0.25, 0.3) is 0 Å². The van der Waals surface area contributed by atoms with Crippen molar-refractivity contribution in [3.63, 3.8) is 0 Å². The van der Waals surface area contributed by atoms with E-state index in [1.807, 2.05) is 12.1 Å². The van der Waals surface area contributed by atoms with Gasteiger partial charge in [-0.2, -0.15) is 8.78 Å². The van der Waals surface area contributed by atoms with Gasteiger partial charge in [0, 0.05) is 6.04 Å². The van der Waals surface area contributed by atoms with Crippen LogP contribution in [0.5, 0.6) is 5.75 Å². The predicted molar refractivity (Wildman–Crippen MR) is 77.6 cm³/mol. The summed E-state index contributed by atoms with van der Waals surface area (Å²) in [4.78, 5) is 0. The summed E-state index contributed by atoms with van der Waals surface area (Å²) < 4.78 is 28.4. The summed E-state index contributed by atoms with van der Waals surface area (Å²) in [5, 5.41) is 12.7. The highest BCUT2D eigenvalue weighted by atomic mass is 19.3. The van der Waals surface area contributed by atoms with Gasteiger partial charge in [0.15, 0.2) is 0 Å². The third-order valence-electron chi connectivity index (χ3n) is 3.98. The average molecular weight is 299 g/mol. The van der Waals surface area contributed by atoms with Gasteiger partial charge in [-0.15, -0.1) is 0 Å². The molecule has 118 valence electrons. The normalized spacial score (nSPS) is 22.9. The molecule has 0 saturated heterocycles. The lowest BCUT2D eigenvalue weighted by Gasteiger charge is -2.32. The molecule has 0 heterocycles. The fourth-order valence-corrected chi connectivity index (χ4v) is 2.56. The van der Waals surface area contributed by atoms with Crippen LogP contribution in [0.4, 0.5) is 8.78 Å². The molecule has 1 saturated carbocycles. The fraction of sp³-hybridized carbons (Fsp3) is 0.625. The summed E-state index contributed by atoms with van der Waals surface area (Å²) in [6.07, 6.45) is 3.61. The molecule has 3 nitrogen and oxygen atoms in total. The first-order chi connectivity index (χ1) is 10.0. The van der Waals surface area contributed by atoms with Crippen molar-refractivity contribution in [3.8, 4) is 5.75 Å². The Morgan fingerprint density at radius 3 is 2.52 bits per heavy atom. The Labute approximate surface area is 124 Å². The van der Waals surface area contributed by atoms with E-state index in [2.05, 4.69) is 17.0 Å². The lowest BCUT2D eigenvalue weighted by atomic mass is 9.82. The molecular formula is C16H23F2NO2. The quantitative estimate of drug-likeness (QED) is 0.775. The highest BCUT2D eigenvalue weighted by Crippen LogP contribution is 2.26. The zero-order valence-corrected chi connectivity index (χ0v) is 12.3. The van der Waals surface area contributed by atoms with Crippen molar-refractivity contribution in [2.75, 3.05) is 6.54 Å². The van der Waals surface area contributed by atoms with Crippen molar-refractivity contribution < 1.29 is 18.6 Å². The van der Waals surface area contributed by atoms with E-state index in [0.29, 0.717) is 12.0 Å². The molecule has 1 aliphatic carbocycles. The van der Waals surface area contributed by atoms with Crippen LogP contribution < -0.4 is 10.1 Å². The third kappa shape index (κ3) is 5.59. The second-order valence-corrected chi connectivity index (χ2v) is 5.86. The standard InChI is InChI=1S/C16H23F2NO2/c1-11(19-10-13-8-14(20)9-13)2-3-12-4-6-15(7-5-12)21-16(17)18/h4-7,11,13-14,16,19-20H,2-3,8-10H2,1H3. The van der Waals surface area contributed by atoms with E-state index in [0.717, 1.165) is 37.8 Å². The van der Waals surface area contributed by atoms with E-state index in [4.69, 9.17) is 0 Å². The van der Waals surface area contributed by atoms with Gasteiger partial charge in [-0.05, 0) is 62.8 Å². The van der Waals surface area contributed by atoms with Crippen molar-refractivity contribution in [2.45, 2.75) is 51.4 Å². The van der Waals surface area contributed by atoms with Crippen LogP contribution in [0.15, 0.2) is 24.3 Å². The maximum atomic E-state index is 12.0. The highest BCUT2D eigenvalue weighted by molar-refractivity contribution is 5.27. The first kappa shape index (κ1) is 16.2. The van der Waals surface area contributed by atoms with Gasteiger partial charge in [0.25, 0.3) is 0 Å². The lowest BCUT2D eigenvalue weighted by Crippen LogP contribution is -2.39. The molecule has 0 amide bonds. The van der Waals surface area contributed by atoms with Gasteiger partial charge in [-0.25, -0.2) is 0 Å². The smallest absolute Gasteiger partial charge is 0.387 e. The minimum Gasteiger partial charge on any atom is -0.435 e. The Kier molecular flexibility index (Phi) is 5.94. The first-order valence-electron chi connectivity index (χ1n) is 7.48. The van der Waals surface area contributed by atoms with Gasteiger partial charge in [0.2, 0.25) is 0 Å². The number of alkyl halides is 2. The van der Waals surface area contributed by atoms with Crippen molar-refractivity contribution in [2.24, 2.45) is 5.92 Å². The fourth-order valence-electron chi connectivity index (χ4n) is 2.56. The number of halogens is 2. The van der Waals surface area contributed by atoms with Crippen LogP contribution in [-0.2, 0) is 6.42 Å². The zero-order valence-electron chi connectivity index (χ0n) is 12.3. The Morgan fingerprint density at radius 1 is 1.29 bits per heavy atom. The summed E-state index contributed by atoms with van der Waals surface area (Å²) >= 11 is 0. The molecule has 1 atom stereocenters.